The quantitative estimate of drug-likeness (QED) is 0.402. The Kier molecular flexibility index (Phi) is 7.72. The molecule has 0 atom stereocenters. The molecule has 0 radical (unpaired) electrons. The third-order valence-corrected chi connectivity index (χ3v) is 5.01. The first-order chi connectivity index (χ1) is 14.2. The van der Waals surface area contributed by atoms with Gasteiger partial charge < -0.3 is 24.7 Å². The van der Waals surface area contributed by atoms with Crippen molar-refractivity contribution in [2.24, 2.45) is 4.99 Å². The number of aryl methyl sites for hydroxylation is 2. The first kappa shape index (κ1) is 21.0. The van der Waals surface area contributed by atoms with Gasteiger partial charge in [0.25, 0.3) is 0 Å². The van der Waals surface area contributed by atoms with Crippen molar-refractivity contribution in [3.63, 3.8) is 0 Å². The topological polar surface area (TPSA) is 85.6 Å². The zero-order valence-corrected chi connectivity index (χ0v) is 17.7. The van der Waals surface area contributed by atoms with Crippen LogP contribution in [0.5, 0.6) is 11.5 Å². The predicted octanol–water partition coefficient (Wildman–Crippen LogP) is 3.03. The molecule has 1 aromatic carbocycles. The van der Waals surface area contributed by atoms with E-state index in [0.717, 1.165) is 61.4 Å². The number of rotatable bonds is 8. The second-order valence-electron chi connectivity index (χ2n) is 7.02. The van der Waals surface area contributed by atoms with E-state index in [0.29, 0.717) is 12.4 Å². The average Bonchev–Trinajstić information content (AvgIpc) is 2.97. The van der Waals surface area contributed by atoms with Crippen molar-refractivity contribution in [3.05, 3.63) is 29.8 Å². The number of benzene rings is 1. The van der Waals surface area contributed by atoms with Crippen LogP contribution in [0.2, 0.25) is 0 Å². The summed E-state index contributed by atoms with van der Waals surface area (Å²) in [6, 6.07) is 5.75. The van der Waals surface area contributed by atoms with Crippen LogP contribution >= 0.6 is 0 Å². The molecule has 2 heterocycles. The van der Waals surface area contributed by atoms with Crippen LogP contribution in [-0.4, -0.2) is 48.0 Å². The van der Waals surface area contributed by atoms with Gasteiger partial charge in [0.1, 0.15) is 11.6 Å². The summed E-state index contributed by atoms with van der Waals surface area (Å²) in [6.45, 7) is 4.40. The lowest BCUT2D eigenvalue weighted by atomic mass is 10.2. The van der Waals surface area contributed by atoms with E-state index in [-0.39, 0.29) is 0 Å². The number of aromatic nitrogens is 3. The monoisotopic (exact) mass is 400 g/mol. The molecular weight excluding hydrogens is 368 g/mol. The number of hydrogen-bond acceptors (Lipinski definition) is 5. The van der Waals surface area contributed by atoms with Crippen LogP contribution < -0.4 is 20.1 Å². The Hall–Kier alpha value is -2.77. The average molecular weight is 401 g/mol. The number of aliphatic imine (C=N–C) groups is 1. The van der Waals surface area contributed by atoms with E-state index in [2.05, 4.69) is 30.4 Å². The summed E-state index contributed by atoms with van der Waals surface area (Å²) in [6.07, 6.45) is 6.64. The third kappa shape index (κ3) is 5.62. The Morgan fingerprint density at radius 1 is 1.21 bits per heavy atom. The maximum atomic E-state index is 5.56. The molecule has 29 heavy (non-hydrogen) atoms. The molecular formula is C21H32N6O2. The van der Waals surface area contributed by atoms with Gasteiger partial charge in [-0.1, -0.05) is 6.42 Å². The SMILES string of the molecule is CCOc1ccc(NC(=NC)NCCCc2nnc3n2CCCCC3)cc1OC. The highest BCUT2D eigenvalue weighted by atomic mass is 16.5. The molecule has 0 bridgehead atoms. The predicted molar refractivity (Wildman–Crippen MR) is 115 cm³/mol. The molecule has 2 aromatic rings. The number of anilines is 1. The van der Waals surface area contributed by atoms with Crippen LogP contribution in [0.15, 0.2) is 23.2 Å². The normalized spacial score (nSPS) is 14.1. The first-order valence-corrected chi connectivity index (χ1v) is 10.4. The summed E-state index contributed by atoms with van der Waals surface area (Å²) in [7, 11) is 3.40. The van der Waals surface area contributed by atoms with Gasteiger partial charge in [-0.15, -0.1) is 10.2 Å². The van der Waals surface area contributed by atoms with Crippen molar-refractivity contribution >= 4 is 11.6 Å². The van der Waals surface area contributed by atoms with E-state index in [1.165, 1.54) is 19.3 Å². The van der Waals surface area contributed by atoms with Crippen molar-refractivity contribution in [2.45, 2.75) is 52.0 Å². The molecule has 0 amide bonds. The van der Waals surface area contributed by atoms with Crippen molar-refractivity contribution in [3.8, 4) is 11.5 Å². The van der Waals surface area contributed by atoms with Gasteiger partial charge in [0, 0.05) is 44.7 Å². The summed E-state index contributed by atoms with van der Waals surface area (Å²) in [5.74, 6) is 4.39. The van der Waals surface area contributed by atoms with Gasteiger partial charge in [-0.2, -0.15) is 0 Å². The minimum Gasteiger partial charge on any atom is -0.493 e. The molecule has 1 aliphatic rings. The van der Waals surface area contributed by atoms with Crippen molar-refractivity contribution in [2.75, 3.05) is 32.6 Å². The number of methoxy groups -OCH3 is 1. The van der Waals surface area contributed by atoms with Crippen molar-refractivity contribution in [1.82, 2.24) is 20.1 Å². The zero-order valence-electron chi connectivity index (χ0n) is 17.7. The van der Waals surface area contributed by atoms with E-state index in [4.69, 9.17) is 9.47 Å². The maximum Gasteiger partial charge on any atom is 0.195 e. The van der Waals surface area contributed by atoms with E-state index in [1.54, 1.807) is 14.2 Å². The Labute approximate surface area is 172 Å². The molecule has 3 rings (SSSR count). The molecule has 8 heteroatoms. The van der Waals surface area contributed by atoms with Crippen LogP contribution in [-0.2, 0) is 19.4 Å². The highest BCUT2D eigenvalue weighted by Gasteiger charge is 2.14. The van der Waals surface area contributed by atoms with Crippen LogP contribution in [0.3, 0.4) is 0 Å². The van der Waals surface area contributed by atoms with Crippen LogP contribution in [0.4, 0.5) is 5.69 Å². The summed E-state index contributed by atoms with van der Waals surface area (Å²) in [5.41, 5.74) is 0.890. The molecule has 158 valence electrons. The van der Waals surface area contributed by atoms with Gasteiger partial charge in [-0.3, -0.25) is 4.99 Å². The van der Waals surface area contributed by atoms with Gasteiger partial charge >= 0.3 is 0 Å². The number of hydrogen-bond donors (Lipinski definition) is 2. The van der Waals surface area contributed by atoms with Gasteiger partial charge in [0.2, 0.25) is 0 Å². The summed E-state index contributed by atoms with van der Waals surface area (Å²) in [4.78, 5) is 4.30. The van der Waals surface area contributed by atoms with Crippen molar-refractivity contribution < 1.29 is 9.47 Å². The first-order valence-electron chi connectivity index (χ1n) is 10.4. The lowest BCUT2D eigenvalue weighted by molar-refractivity contribution is 0.311. The van der Waals surface area contributed by atoms with E-state index < -0.39 is 0 Å². The number of fused-ring (bicyclic) bond motifs is 1. The smallest absolute Gasteiger partial charge is 0.195 e. The largest absolute Gasteiger partial charge is 0.493 e. The summed E-state index contributed by atoms with van der Waals surface area (Å²) >= 11 is 0. The minimum absolute atomic E-state index is 0.599. The molecule has 8 nitrogen and oxygen atoms in total. The molecule has 0 fully saturated rings. The van der Waals surface area contributed by atoms with Gasteiger partial charge in [0.05, 0.1) is 13.7 Å². The summed E-state index contributed by atoms with van der Waals surface area (Å²) < 4.78 is 13.3. The maximum absolute atomic E-state index is 5.56. The fourth-order valence-corrected chi connectivity index (χ4v) is 3.52. The Morgan fingerprint density at radius 3 is 2.90 bits per heavy atom. The Balaban J connectivity index is 1.49. The second kappa shape index (κ2) is 10.7. The third-order valence-electron chi connectivity index (χ3n) is 5.01. The van der Waals surface area contributed by atoms with Gasteiger partial charge in [-0.25, -0.2) is 0 Å². The van der Waals surface area contributed by atoms with Gasteiger partial charge in [-0.05, 0) is 38.3 Å². The van der Waals surface area contributed by atoms with Crippen LogP contribution in [0.1, 0.15) is 44.3 Å². The zero-order chi connectivity index (χ0) is 20.5. The van der Waals surface area contributed by atoms with E-state index >= 15 is 0 Å². The number of guanidine groups is 1. The molecule has 0 spiro atoms. The number of nitrogens with zero attached hydrogens (tertiary/aromatic N) is 4. The molecule has 0 aliphatic carbocycles. The van der Waals surface area contributed by atoms with Crippen molar-refractivity contribution in [1.29, 1.82) is 0 Å². The Morgan fingerprint density at radius 2 is 2.10 bits per heavy atom. The van der Waals surface area contributed by atoms with E-state index in [9.17, 15) is 0 Å². The number of ether oxygens (including phenoxy) is 2. The summed E-state index contributed by atoms with van der Waals surface area (Å²) in [5, 5.41) is 15.4. The lowest BCUT2D eigenvalue weighted by Gasteiger charge is -2.14. The highest BCUT2D eigenvalue weighted by Crippen LogP contribution is 2.30. The molecule has 2 N–H and O–H groups in total. The highest BCUT2D eigenvalue weighted by molar-refractivity contribution is 5.93. The van der Waals surface area contributed by atoms with Crippen LogP contribution in [0, 0.1) is 0 Å². The minimum atomic E-state index is 0.599. The van der Waals surface area contributed by atoms with Crippen LogP contribution in [0.25, 0.3) is 0 Å². The molecule has 0 unspecified atom stereocenters. The number of nitrogens with one attached hydrogen (secondary N) is 2. The fraction of sp³-hybridized carbons (Fsp3) is 0.571. The molecule has 1 aromatic heterocycles. The molecule has 0 saturated carbocycles. The molecule has 0 saturated heterocycles. The lowest BCUT2D eigenvalue weighted by Crippen LogP contribution is -2.31. The van der Waals surface area contributed by atoms with E-state index in [1.807, 2.05) is 25.1 Å². The Bertz CT molecular complexity index is 817. The van der Waals surface area contributed by atoms with Gasteiger partial charge in [0.15, 0.2) is 17.5 Å². The fourth-order valence-electron chi connectivity index (χ4n) is 3.52. The second-order valence-corrected chi connectivity index (χ2v) is 7.02. The standard InChI is InChI=1S/C21H32N6O2/c1-4-29-17-12-11-16(15-18(17)28-3)24-21(22-2)23-13-8-10-20-26-25-19-9-6-5-7-14-27(19)20/h11-12,15H,4-10,13-14H2,1-3H3,(H2,22,23,24). The molecule has 1 aliphatic heterocycles.